The van der Waals surface area contributed by atoms with E-state index in [0.29, 0.717) is 22.0 Å². The molecule has 5 rings (SSSR count). The summed E-state index contributed by atoms with van der Waals surface area (Å²) in [4.78, 5) is 39.4. The summed E-state index contributed by atoms with van der Waals surface area (Å²) in [6, 6.07) is 7.77. The van der Waals surface area contributed by atoms with Gasteiger partial charge in [-0.15, -0.1) is 0 Å². The van der Waals surface area contributed by atoms with Gasteiger partial charge >= 0.3 is 12.3 Å². The van der Waals surface area contributed by atoms with Gasteiger partial charge in [0.1, 0.15) is 0 Å². The molecule has 3 heterocycles. The first-order valence-electron chi connectivity index (χ1n) is 11.6. The number of rotatable bonds is 5. The lowest BCUT2D eigenvalue weighted by molar-refractivity contribution is -0.137. The Bertz CT molecular complexity index is 1510. The molecule has 0 spiro atoms. The fourth-order valence-electron chi connectivity index (χ4n) is 4.41. The average Bonchev–Trinajstić information content (AvgIpc) is 3.40. The molecule has 0 aliphatic carbocycles. The van der Waals surface area contributed by atoms with E-state index < -0.39 is 35.0 Å². The van der Waals surface area contributed by atoms with E-state index in [1.165, 1.54) is 11.0 Å². The second-order valence-electron chi connectivity index (χ2n) is 8.92. The Morgan fingerprint density at radius 2 is 2.03 bits per heavy atom. The van der Waals surface area contributed by atoms with Crippen molar-refractivity contribution in [2.45, 2.75) is 18.8 Å². The van der Waals surface area contributed by atoms with Gasteiger partial charge in [-0.05, 0) is 53.2 Å². The molecular weight excluding hydrogens is 561 g/mol. The van der Waals surface area contributed by atoms with Gasteiger partial charge in [0.2, 0.25) is 0 Å². The molecule has 2 aromatic carbocycles. The van der Waals surface area contributed by atoms with Gasteiger partial charge in [-0.25, -0.2) is 4.79 Å². The molecule has 0 saturated carbocycles. The molecule has 0 bridgehead atoms. The van der Waals surface area contributed by atoms with Gasteiger partial charge in [0, 0.05) is 17.0 Å². The quantitative estimate of drug-likeness (QED) is 0.415. The summed E-state index contributed by atoms with van der Waals surface area (Å²) in [6.07, 6.45) is -2.48. The van der Waals surface area contributed by atoms with Crippen molar-refractivity contribution in [3.05, 3.63) is 69.2 Å². The lowest BCUT2D eigenvalue weighted by Crippen LogP contribution is -2.53. The molecular formula is C25H20ClF3N4O5S. The Hall–Kier alpha value is -3.55. The van der Waals surface area contributed by atoms with E-state index >= 15 is 0 Å². The highest BCUT2D eigenvalue weighted by molar-refractivity contribution is 8.18. The number of aromatic nitrogens is 2. The first-order chi connectivity index (χ1) is 18.5. The van der Waals surface area contributed by atoms with Crippen LogP contribution in [0.25, 0.3) is 17.0 Å². The fraction of sp³-hybridized carbons (Fsp3) is 0.280. The first-order valence-corrected chi connectivity index (χ1v) is 12.8. The van der Waals surface area contributed by atoms with Crippen molar-refractivity contribution in [3.63, 3.8) is 0 Å². The lowest BCUT2D eigenvalue weighted by Gasteiger charge is -2.34. The zero-order valence-electron chi connectivity index (χ0n) is 20.0. The normalized spacial score (nSPS) is 19.5. The van der Waals surface area contributed by atoms with Crippen molar-refractivity contribution in [2.75, 3.05) is 26.3 Å². The predicted octanol–water partition coefficient (Wildman–Crippen LogP) is 5.17. The van der Waals surface area contributed by atoms with E-state index in [4.69, 9.17) is 16.3 Å². The number of halogens is 4. The molecule has 3 aromatic rings. The van der Waals surface area contributed by atoms with Crippen LogP contribution < -0.4 is 0 Å². The van der Waals surface area contributed by atoms with Gasteiger partial charge in [-0.2, -0.15) is 18.3 Å². The molecule has 2 fully saturated rings. The molecule has 1 atom stereocenters. The van der Waals surface area contributed by atoms with Gasteiger partial charge in [0.25, 0.3) is 11.1 Å². The number of carboxylic acid groups (broad SMARTS) is 1. The molecule has 0 radical (unpaired) electrons. The number of carbonyl (C=O) groups excluding carboxylic acids is 2. The van der Waals surface area contributed by atoms with Gasteiger partial charge in [0.05, 0.1) is 54.5 Å². The summed E-state index contributed by atoms with van der Waals surface area (Å²) in [5.74, 6) is -0.520. The van der Waals surface area contributed by atoms with Crippen molar-refractivity contribution < 1.29 is 37.4 Å². The number of hydrogen-bond donors (Lipinski definition) is 1. The Kier molecular flexibility index (Phi) is 7.31. The highest BCUT2D eigenvalue weighted by atomic mass is 35.5. The highest BCUT2D eigenvalue weighted by Crippen LogP contribution is 2.34. The molecule has 39 heavy (non-hydrogen) atoms. The van der Waals surface area contributed by atoms with Crippen LogP contribution in [0.5, 0.6) is 0 Å². The second-order valence-corrected chi connectivity index (χ2v) is 10.3. The number of nitrogens with zero attached hydrogens (tertiary/aromatic N) is 4. The number of imide groups is 1. The number of alkyl halides is 3. The fourth-order valence-corrected chi connectivity index (χ4v) is 5.50. The van der Waals surface area contributed by atoms with Crippen LogP contribution in [0.15, 0.2) is 47.5 Å². The number of ether oxygens (including phenoxy) is 1. The van der Waals surface area contributed by atoms with Crippen molar-refractivity contribution in [1.29, 1.82) is 0 Å². The van der Waals surface area contributed by atoms with Crippen LogP contribution in [0.1, 0.15) is 16.7 Å². The number of thioether (sulfide) groups is 1. The Labute approximate surface area is 228 Å². The lowest BCUT2D eigenvalue weighted by atomic mass is 10.1. The second kappa shape index (κ2) is 10.5. The van der Waals surface area contributed by atoms with Gasteiger partial charge in [-0.3, -0.25) is 24.1 Å². The Morgan fingerprint density at radius 3 is 2.74 bits per heavy atom. The smallest absolute Gasteiger partial charge is 0.416 e. The molecule has 2 aliphatic heterocycles. The SMILES string of the molecule is O=C1S/C(=C\c2ccc3c(cnn3Cc3ccc(C(F)(F)F)cc3Cl)c2)C(=O)N1C[C@@H]1COCCN1C(=O)O. The minimum Gasteiger partial charge on any atom is -0.465 e. The van der Waals surface area contributed by atoms with Crippen LogP contribution in [0.4, 0.5) is 22.8 Å². The first kappa shape index (κ1) is 27.0. The average molecular weight is 581 g/mol. The molecule has 9 nitrogen and oxygen atoms in total. The summed E-state index contributed by atoms with van der Waals surface area (Å²) in [5, 5.41) is 13.9. The van der Waals surface area contributed by atoms with Gasteiger partial charge in [0.15, 0.2) is 0 Å². The third-order valence-electron chi connectivity index (χ3n) is 6.40. The third-order valence-corrected chi connectivity index (χ3v) is 7.66. The zero-order valence-corrected chi connectivity index (χ0v) is 21.6. The standard InChI is InChI=1S/C25H20ClF3N4O5S/c26-19-9-17(25(27,28)29)3-2-15(19)11-33-20-4-1-14(7-16(20)10-30-33)8-21-22(34)32(24(37)39-21)12-18-13-38-6-5-31(18)23(35)36/h1-4,7-10,18H,5-6,11-13H2,(H,35,36)/b21-8-/t18-/m1/s1. The van der Waals surface area contributed by atoms with Crippen molar-refractivity contribution in [2.24, 2.45) is 0 Å². The molecule has 204 valence electrons. The van der Waals surface area contributed by atoms with E-state index in [2.05, 4.69) is 5.10 Å². The third kappa shape index (κ3) is 5.60. The minimum atomic E-state index is -4.49. The number of amides is 3. The van der Waals surface area contributed by atoms with Crippen LogP contribution >= 0.6 is 23.4 Å². The summed E-state index contributed by atoms with van der Waals surface area (Å²) in [6.45, 7) is 0.543. The van der Waals surface area contributed by atoms with E-state index in [-0.39, 0.29) is 42.8 Å². The monoisotopic (exact) mass is 580 g/mol. The molecule has 1 N–H and O–H groups in total. The molecule has 0 unspecified atom stereocenters. The van der Waals surface area contributed by atoms with Crippen LogP contribution in [-0.2, 0) is 22.3 Å². The molecule has 3 amide bonds. The topological polar surface area (TPSA) is 105 Å². The maximum atomic E-state index is 13.0. The Morgan fingerprint density at radius 1 is 1.23 bits per heavy atom. The van der Waals surface area contributed by atoms with Gasteiger partial charge in [-0.1, -0.05) is 23.7 Å². The van der Waals surface area contributed by atoms with E-state index in [9.17, 15) is 32.7 Å². The van der Waals surface area contributed by atoms with E-state index in [1.807, 2.05) is 0 Å². The van der Waals surface area contributed by atoms with E-state index in [0.717, 1.165) is 28.8 Å². The summed E-state index contributed by atoms with van der Waals surface area (Å²) < 4.78 is 45.7. The highest BCUT2D eigenvalue weighted by Gasteiger charge is 2.39. The molecule has 1 aromatic heterocycles. The maximum Gasteiger partial charge on any atom is 0.416 e. The summed E-state index contributed by atoms with van der Waals surface area (Å²) in [5.41, 5.74) is 0.967. The van der Waals surface area contributed by atoms with Crippen molar-refractivity contribution >= 4 is 57.6 Å². The zero-order chi connectivity index (χ0) is 27.9. The number of fused-ring (bicyclic) bond motifs is 1. The minimum absolute atomic E-state index is 0.0212. The van der Waals surface area contributed by atoms with E-state index in [1.54, 1.807) is 35.2 Å². The molecule has 14 heteroatoms. The number of benzene rings is 2. The number of morpholine rings is 1. The predicted molar refractivity (Wildman–Crippen MR) is 137 cm³/mol. The van der Waals surface area contributed by atoms with Crippen LogP contribution in [0, 0.1) is 0 Å². The van der Waals surface area contributed by atoms with Crippen LogP contribution in [-0.4, -0.2) is 74.3 Å². The van der Waals surface area contributed by atoms with Crippen LogP contribution in [0.2, 0.25) is 5.02 Å². The number of hydrogen-bond acceptors (Lipinski definition) is 6. The Balaban J connectivity index is 1.32. The largest absolute Gasteiger partial charge is 0.465 e. The van der Waals surface area contributed by atoms with Gasteiger partial charge < -0.3 is 9.84 Å². The maximum absolute atomic E-state index is 13.0. The summed E-state index contributed by atoms with van der Waals surface area (Å²) in [7, 11) is 0. The van der Waals surface area contributed by atoms with Crippen molar-refractivity contribution in [3.8, 4) is 0 Å². The van der Waals surface area contributed by atoms with Crippen molar-refractivity contribution in [1.82, 2.24) is 19.6 Å². The summed E-state index contributed by atoms with van der Waals surface area (Å²) >= 11 is 6.86. The van der Waals surface area contributed by atoms with Crippen LogP contribution in [0.3, 0.4) is 0 Å². The molecule has 2 aliphatic rings. The number of carbonyl (C=O) groups is 3. The molecule has 2 saturated heterocycles.